The van der Waals surface area contributed by atoms with Gasteiger partial charge in [-0.2, -0.15) is 0 Å². The molecule has 1 heterocycles. The minimum absolute atomic E-state index is 0.385. The fourth-order valence-corrected chi connectivity index (χ4v) is 2.98. The van der Waals surface area contributed by atoms with Gasteiger partial charge in [0.05, 0.1) is 6.10 Å². The minimum atomic E-state index is -0.385. The average Bonchev–Trinajstić information content (AvgIpc) is 2.31. The van der Waals surface area contributed by atoms with Crippen LogP contribution in [-0.2, 0) is 0 Å². The van der Waals surface area contributed by atoms with Crippen LogP contribution in [0.15, 0.2) is 18.2 Å². The third kappa shape index (κ3) is 3.78. The molecular weight excluding hydrogens is 236 g/mol. The largest absolute Gasteiger partial charge is 0.387 e. The summed E-state index contributed by atoms with van der Waals surface area (Å²) >= 11 is 0. The van der Waals surface area contributed by atoms with Crippen LogP contribution in [0, 0.1) is 13.8 Å². The second-order valence-corrected chi connectivity index (χ2v) is 6.04. The highest BCUT2D eigenvalue weighted by Crippen LogP contribution is 2.20. The number of rotatable bonds is 3. The molecule has 1 aliphatic rings. The van der Waals surface area contributed by atoms with Gasteiger partial charge in [0, 0.05) is 32.2 Å². The van der Waals surface area contributed by atoms with E-state index in [9.17, 15) is 5.11 Å². The molecule has 1 fully saturated rings. The first-order valence-electron chi connectivity index (χ1n) is 7.14. The van der Waals surface area contributed by atoms with Gasteiger partial charge < -0.3 is 10.0 Å². The normalized spacial score (nSPS) is 23.5. The van der Waals surface area contributed by atoms with E-state index in [0.29, 0.717) is 6.04 Å². The summed E-state index contributed by atoms with van der Waals surface area (Å²) in [5, 5.41) is 10.5. The number of β-amino-alcohol motifs (C(OH)–C–C–N with tert-alkyl or cyclic N) is 1. The van der Waals surface area contributed by atoms with Crippen LogP contribution in [0.4, 0.5) is 0 Å². The van der Waals surface area contributed by atoms with Crippen molar-refractivity contribution in [1.29, 1.82) is 0 Å². The Balaban J connectivity index is 2.02. The quantitative estimate of drug-likeness (QED) is 0.902. The van der Waals surface area contributed by atoms with Crippen LogP contribution < -0.4 is 0 Å². The van der Waals surface area contributed by atoms with Crippen molar-refractivity contribution in [1.82, 2.24) is 9.80 Å². The second kappa shape index (κ2) is 6.04. The predicted octanol–water partition coefficient (Wildman–Crippen LogP) is 1.97. The summed E-state index contributed by atoms with van der Waals surface area (Å²) in [7, 11) is 2.16. The number of hydrogen-bond donors (Lipinski definition) is 1. The second-order valence-electron chi connectivity index (χ2n) is 6.04. The van der Waals surface area contributed by atoms with E-state index in [2.05, 4.69) is 55.8 Å². The molecule has 0 aliphatic carbocycles. The van der Waals surface area contributed by atoms with Crippen LogP contribution >= 0.6 is 0 Å². The number of piperazine rings is 1. The zero-order chi connectivity index (χ0) is 14.0. The SMILES string of the molecule is Cc1cc(C)cc(C(O)CN2CCN(C)CC2C)c1. The van der Waals surface area contributed by atoms with Crippen molar-refractivity contribution in [3.8, 4) is 0 Å². The predicted molar refractivity (Wildman–Crippen MR) is 79.4 cm³/mol. The van der Waals surface area contributed by atoms with E-state index in [0.717, 1.165) is 31.7 Å². The smallest absolute Gasteiger partial charge is 0.0917 e. The molecule has 0 bridgehead atoms. The summed E-state index contributed by atoms with van der Waals surface area (Å²) in [5.41, 5.74) is 3.49. The van der Waals surface area contributed by atoms with E-state index in [-0.39, 0.29) is 6.10 Å². The van der Waals surface area contributed by atoms with Crippen molar-refractivity contribution >= 4 is 0 Å². The van der Waals surface area contributed by atoms with E-state index in [1.54, 1.807) is 0 Å². The van der Waals surface area contributed by atoms with E-state index < -0.39 is 0 Å². The van der Waals surface area contributed by atoms with E-state index in [1.165, 1.54) is 11.1 Å². The fraction of sp³-hybridized carbons (Fsp3) is 0.625. The van der Waals surface area contributed by atoms with Crippen LogP contribution in [-0.4, -0.2) is 54.2 Å². The van der Waals surface area contributed by atoms with E-state index in [1.807, 2.05) is 0 Å². The van der Waals surface area contributed by atoms with Gasteiger partial charge in [-0.1, -0.05) is 29.3 Å². The van der Waals surface area contributed by atoms with Crippen molar-refractivity contribution in [3.05, 3.63) is 34.9 Å². The van der Waals surface area contributed by atoms with Crippen molar-refractivity contribution in [3.63, 3.8) is 0 Å². The number of aliphatic hydroxyl groups excluding tert-OH is 1. The van der Waals surface area contributed by atoms with Crippen molar-refractivity contribution in [2.75, 3.05) is 33.2 Å². The summed E-state index contributed by atoms with van der Waals surface area (Å²) < 4.78 is 0. The molecule has 1 aromatic rings. The first-order valence-corrected chi connectivity index (χ1v) is 7.14. The van der Waals surface area contributed by atoms with Crippen LogP contribution in [0.1, 0.15) is 29.7 Å². The van der Waals surface area contributed by atoms with Gasteiger partial charge in [0.25, 0.3) is 0 Å². The van der Waals surface area contributed by atoms with Gasteiger partial charge in [-0.15, -0.1) is 0 Å². The molecule has 0 spiro atoms. The Hall–Kier alpha value is -0.900. The van der Waals surface area contributed by atoms with Crippen LogP contribution in [0.3, 0.4) is 0 Å². The first-order chi connectivity index (χ1) is 8.95. The highest BCUT2D eigenvalue weighted by Gasteiger charge is 2.23. The molecule has 19 heavy (non-hydrogen) atoms. The minimum Gasteiger partial charge on any atom is -0.387 e. The maximum Gasteiger partial charge on any atom is 0.0917 e. The van der Waals surface area contributed by atoms with E-state index in [4.69, 9.17) is 0 Å². The third-order valence-electron chi connectivity index (χ3n) is 4.00. The highest BCUT2D eigenvalue weighted by atomic mass is 16.3. The lowest BCUT2D eigenvalue weighted by atomic mass is 10.0. The van der Waals surface area contributed by atoms with Gasteiger partial charge in [-0.25, -0.2) is 0 Å². The molecule has 2 rings (SSSR count). The monoisotopic (exact) mass is 262 g/mol. The maximum absolute atomic E-state index is 10.5. The molecule has 106 valence electrons. The Morgan fingerprint density at radius 2 is 1.84 bits per heavy atom. The van der Waals surface area contributed by atoms with Crippen LogP contribution in [0.2, 0.25) is 0 Å². The zero-order valence-electron chi connectivity index (χ0n) is 12.6. The van der Waals surface area contributed by atoms with Gasteiger partial charge in [-0.05, 0) is 33.4 Å². The molecule has 1 aliphatic heterocycles. The molecule has 2 atom stereocenters. The summed E-state index contributed by atoms with van der Waals surface area (Å²) in [5.74, 6) is 0. The standard InChI is InChI=1S/C16H26N2O/c1-12-7-13(2)9-15(8-12)16(19)11-18-6-5-17(4)10-14(18)3/h7-9,14,16,19H,5-6,10-11H2,1-4H3. The van der Waals surface area contributed by atoms with Gasteiger partial charge >= 0.3 is 0 Å². The summed E-state index contributed by atoms with van der Waals surface area (Å²) in [6.45, 7) is 10.4. The lowest BCUT2D eigenvalue weighted by molar-refractivity contribution is 0.0474. The Bertz CT molecular complexity index is 413. The highest BCUT2D eigenvalue weighted by molar-refractivity contribution is 5.30. The molecule has 0 amide bonds. The number of aliphatic hydroxyl groups is 1. The van der Waals surface area contributed by atoms with Crippen molar-refractivity contribution < 1.29 is 5.11 Å². The van der Waals surface area contributed by atoms with Crippen molar-refractivity contribution in [2.45, 2.75) is 32.9 Å². The molecule has 3 nitrogen and oxygen atoms in total. The van der Waals surface area contributed by atoms with Gasteiger partial charge in [0.1, 0.15) is 0 Å². The molecule has 1 aromatic carbocycles. The maximum atomic E-state index is 10.5. The lowest BCUT2D eigenvalue weighted by Gasteiger charge is -2.39. The fourth-order valence-electron chi connectivity index (χ4n) is 2.98. The van der Waals surface area contributed by atoms with E-state index >= 15 is 0 Å². The molecule has 2 unspecified atom stereocenters. The molecule has 3 heteroatoms. The topological polar surface area (TPSA) is 26.7 Å². The van der Waals surface area contributed by atoms with Crippen LogP contribution in [0.25, 0.3) is 0 Å². The molecule has 1 N–H and O–H groups in total. The van der Waals surface area contributed by atoms with Crippen molar-refractivity contribution in [2.24, 2.45) is 0 Å². The molecule has 0 aromatic heterocycles. The Morgan fingerprint density at radius 1 is 1.21 bits per heavy atom. The number of benzene rings is 1. The number of nitrogens with zero attached hydrogens (tertiary/aromatic N) is 2. The first kappa shape index (κ1) is 14.5. The summed E-state index contributed by atoms with van der Waals surface area (Å²) in [4.78, 5) is 4.74. The molecule has 0 radical (unpaired) electrons. The Kier molecular flexibility index (Phi) is 4.61. The van der Waals surface area contributed by atoms with Crippen LogP contribution in [0.5, 0.6) is 0 Å². The third-order valence-corrected chi connectivity index (χ3v) is 4.00. The lowest BCUT2D eigenvalue weighted by Crippen LogP contribution is -2.51. The Morgan fingerprint density at radius 3 is 2.42 bits per heavy atom. The molecular formula is C16H26N2O. The zero-order valence-corrected chi connectivity index (χ0v) is 12.6. The number of likely N-dealkylation sites (N-methyl/N-ethyl adjacent to an activating group) is 1. The average molecular weight is 262 g/mol. The molecule has 1 saturated heterocycles. The van der Waals surface area contributed by atoms with Gasteiger partial charge in [0.15, 0.2) is 0 Å². The Labute approximate surface area is 116 Å². The van der Waals surface area contributed by atoms with Gasteiger partial charge in [0.2, 0.25) is 0 Å². The summed E-state index contributed by atoms with van der Waals surface area (Å²) in [6.07, 6.45) is -0.385. The number of aryl methyl sites for hydroxylation is 2. The summed E-state index contributed by atoms with van der Waals surface area (Å²) in [6, 6.07) is 6.85. The van der Waals surface area contributed by atoms with Gasteiger partial charge in [-0.3, -0.25) is 4.90 Å². The molecule has 0 saturated carbocycles. The number of hydrogen-bond acceptors (Lipinski definition) is 3.